The van der Waals surface area contributed by atoms with Crippen LogP contribution in [0, 0.1) is 0 Å². The fourth-order valence-corrected chi connectivity index (χ4v) is 4.57. The van der Waals surface area contributed by atoms with Gasteiger partial charge in [-0.05, 0) is 35.1 Å². The second kappa shape index (κ2) is 11.6. The molecule has 2 aliphatic rings. The number of hydroxylamine groups is 2. The van der Waals surface area contributed by atoms with Crippen molar-refractivity contribution in [3.63, 3.8) is 0 Å². The first kappa shape index (κ1) is 24.4. The zero-order chi connectivity index (χ0) is 24.6. The molecular formula is C27H30N2O6. The maximum Gasteiger partial charge on any atom is 0.407 e. The summed E-state index contributed by atoms with van der Waals surface area (Å²) in [5.74, 6) is -1.45. The average Bonchev–Trinajstić information content (AvgIpc) is 3.36. The molecule has 1 heterocycles. The van der Waals surface area contributed by atoms with E-state index in [2.05, 4.69) is 29.6 Å². The minimum absolute atomic E-state index is 0.0431. The standard InChI is InChI=1S/C27H30N2O6/c30-24-15-16-25(31)29(24)35-26(32)14-4-2-1-3-9-17-28-27(33)34-18-23-21-12-7-5-10-19(21)20-11-6-8-13-22(20)23/h5-8,10-13,23H,1-4,9,14-18H2,(H,28,33). The molecule has 35 heavy (non-hydrogen) atoms. The highest BCUT2D eigenvalue weighted by atomic mass is 16.7. The Hall–Kier alpha value is -3.68. The molecular weight excluding hydrogens is 448 g/mol. The third-order valence-corrected chi connectivity index (χ3v) is 6.37. The Labute approximate surface area is 204 Å². The predicted octanol–water partition coefficient (Wildman–Crippen LogP) is 4.47. The van der Waals surface area contributed by atoms with Crippen molar-refractivity contribution in [3.8, 4) is 11.1 Å². The minimum Gasteiger partial charge on any atom is -0.449 e. The monoisotopic (exact) mass is 478 g/mol. The first-order valence-corrected chi connectivity index (χ1v) is 12.2. The van der Waals surface area contributed by atoms with Gasteiger partial charge in [0.1, 0.15) is 6.61 Å². The van der Waals surface area contributed by atoms with Crippen LogP contribution in [0.1, 0.15) is 68.4 Å². The largest absolute Gasteiger partial charge is 0.449 e. The molecule has 0 radical (unpaired) electrons. The number of nitrogens with zero attached hydrogens (tertiary/aromatic N) is 1. The van der Waals surface area contributed by atoms with Crippen LogP contribution in [-0.2, 0) is 24.0 Å². The van der Waals surface area contributed by atoms with Crippen molar-refractivity contribution in [2.45, 2.75) is 57.3 Å². The Morgan fingerprint density at radius 1 is 0.829 bits per heavy atom. The third kappa shape index (κ3) is 6.07. The topological polar surface area (TPSA) is 102 Å². The maximum atomic E-state index is 12.2. The van der Waals surface area contributed by atoms with Crippen molar-refractivity contribution >= 4 is 23.9 Å². The number of benzene rings is 2. The fourth-order valence-electron chi connectivity index (χ4n) is 4.57. The Balaban J connectivity index is 1.07. The van der Waals surface area contributed by atoms with Gasteiger partial charge in [0.25, 0.3) is 11.8 Å². The molecule has 1 fully saturated rings. The SMILES string of the molecule is O=C(CCCCCCCNC(=O)OCC1c2ccccc2-c2ccccc21)ON1C(=O)CCC1=O. The van der Waals surface area contributed by atoms with Gasteiger partial charge in [-0.15, -0.1) is 5.06 Å². The Bertz CT molecular complexity index is 1040. The zero-order valence-electron chi connectivity index (χ0n) is 19.7. The van der Waals surface area contributed by atoms with E-state index in [0.29, 0.717) is 24.6 Å². The van der Waals surface area contributed by atoms with Crippen LogP contribution in [0.3, 0.4) is 0 Å². The molecule has 3 amide bonds. The van der Waals surface area contributed by atoms with Crippen molar-refractivity contribution < 1.29 is 28.8 Å². The Morgan fingerprint density at radius 2 is 1.40 bits per heavy atom. The number of alkyl carbamates (subject to hydrolysis) is 1. The van der Waals surface area contributed by atoms with E-state index >= 15 is 0 Å². The van der Waals surface area contributed by atoms with Crippen LogP contribution in [0.4, 0.5) is 4.79 Å². The first-order chi connectivity index (χ1) is 17.0. The van der Waals surface area contributed by atoms with Crippen molar-refractivity contribution in [2.75, 3.05) is 13.2 Å². The van der Waals surface area contributed by atoms with Crippen LogP contribution in [0.2, 0.25) is 0 Å². The lowest BCUT2D eigenvalue weighted by Crippen LogP contribution is -2.31. The van der Waals surface area contributed by atoms with E-state index in [1.807, 2.05) is 24.3 Å². The normalized spacial score (nSPS) is 14.6. The summed E-state index contributed by atoms with van der Waals surface area (Å²) in [6.45, 7) is 0.822. The lowest BCUT2D eigenvalue weighted by molar-refractivity contribution is -0.197. The minimum atomic E-state index is -0.564. The number of nitrogens with one attached hydrogen (secondary N) is 1. The van der Waals surface area contributed by atoms with Gasteiger partial charge in [-0.1, -0.05) is 67.8 Å². The van der Waals surface area contributed by atoms with E-state index in [1.54, 1.807) is 0 Å². The summed E-state index contributed by atoms with van der Waals surface area (Å²) in [6.07, 6.45) is 3.99. The Morgan fingerprint density at radius 3 is 2.06 bits per heavy atom. The van der Waals surface area contributed by atoms with Gasteiger partial charge in [0.05, 0.1) is 0 Å². The number of hydrogen-bond donors (Lipinski definition) is 1. The van der Waals surface area contributed by atoms with Gasteiger partial charge in [0, 0.05) is 31.7 Å². The number of rotatable bonds is 11. The number of carbonyl (C=O) groups excluding carboxylic acids is 4. The maximum absolute atomic E-state index is 12.2. The molecule has 0 aromatic heterocycles. The molecule has 2 aromatic carbocycles. The van der Waals surface area contributed by atoms with E-state index in [9.17, 15) is 19.2 Å². The molecule has 4 rings (SSSR count). The predicted molar refractivity (Wildman–Crippen MR) is 128 cm³/mol. The first-order valence-electron chi connectivity index (χ1n) is 12.2. The molecule has 0 unspecified atom stereocenters. The molecule has 8 nitrogen and oxygen atoms in total. The van der Waals surface area contributed by atoms with Gasteiger partial charge in [0.2, 0.25) is 0 Å². The number of unbranched alkanes of at least 4 members (excludes halogenated alkanes) is 4. The van der Waals surface area contributed by atoms with Crippen LogP contribution in [-0.4, -0.2) is 42.1 Å². The molecule has 0 saturated carbocycles. The highest BCUT2D eigenvalue weighted by Crippen LogP contribution is 2.44. The molecule has 0 atom stereocenters. The summed E-state index contributed by atoms with van der Waals surface area (Å²) in [5, 5.41) is 3.39. The summed E-state index contributed by atoms with van der Waals surface area (Å²) in [6, 6.07) is 16.5. The third-order valence-electron chi connectivity index (χ3n) is 6.37. The smallest absolute Gasteiger partial charge is 0.407 e. The van der Waals surface area contributed by atoms with Crippen molar-refractivity contribution in [1.82, 2.24) is 10.4 Å². The number of ether oxygens (including phenoxy) is 1. The van der Waals surface area contributed by atoms with E-state index in [0.717, 1.165) is 25.7 Å². The molecule has 8 heteroatoms. The number of hydrogen-bond acceptors (Lipinski definition) is 6. The van der Waals surface area contributed by atoms with Crippen LogP contribution in [0.5, 0.6) is 0 Å². The molecule has 1 N–H and O–H groups in total. The summed E-state index contributed by atoms with van der Waals surface area (Å²) >= 11 is 0. The fraction of sp³-hybridized carbons (Fsp3) is 0.407. The molecule has 2 aromatic rings. The van der Waals surface area contributed by atoms with Crippen LogP contribution >= 0.6 is 0 Å². The van der Waals surface area contributed by atoms with Gasteiger partial charge < -0.3 is 14.9 Å². The summed E-state index contributed by atoms with van der Waals surface area (Å²) in [4.78, 5) is 51.7. The lowest BCUT2D eigenvalue weighted by atomic mass is 9.98. The number of imide groups is 1. The molecule has 1 aliphatic carbocycles. The second-order valence-electron chi connectivity index (χ2n) is 8.82. The average molecular weight is 479 g/mol. The highest BCUT2D eigenvalue weighted by molar-refractivity contribution is 6.01. The van der Waals surface area contributed by atoms with Gasteiger partial charge in [-0.3, -0.25) is 9.59 Å². The molecule has 0 bridgehead atoms. The van der Waals surface area contributed by atoms with E-state index in [-0.39, 0.29) is 25.2 Å². The van der Waals surface area contributed by atoms with Crippen LogP contribution < -0.4 is 5.32 Å². The zero-order valence-corrected chi connectivity index (χ0v) is 19.7. The second-order valence-corrected chi connectivity index (χ2v) is 8.82. The lowest BCUT2D eigenvalue weighted by Gasteiger charge is -2.14. The van der Waals surface area contributed by atoms with Crippen LogP contribution in [0.15, 0.2) is 48.5 Å². The van der Waals surface area contributed by atoms with E-state index in [4.69, 9.17) is 9.57 Å². The van der Waals surface area contributed by atoms with Gasteiger partial charge in [-0.25, -0.2) is 9.59 Å². The summed E-state index contributed by atoms with van der Waals surface area (Å²) < 4.78 is 5.53. The van der Waals surface area contributed by atoms with Crippen molar-refractivity contribution in [1.29, 1.82) is 0 Å². The molecule has 184 valence electrons. The number of carbonyl (C=O) groups is 4. The quantitative estimate of drug-likeness (QED) is 0.378. The van der Waals surface area contributed by atoms with Crippen LogP contribution in [0.25, 0.3) is 11.1 Å². The highest BCUT2D eigenvalue weighted by Gasteiger charge is 2.32. The number of amides is 3. The van der Waals surface area contributed by atoms with Crippen molar-refractivity contribution in [3.05, 3.63) is 59.7 Å². The van der Waals surface area contributed by atoms with Gasteiger partial charge in [0.15, 0.2) is 0 Å². The van der Waals surface area contributed by atoms with Gasteiger partial charge in [-0.2, -0.15) is 0 Å². The summed E-state index contributed by atoms with van der Waals surface area (Å²) in [7, 11) is 0. The summed E-state index contributed by atoms with van der Waals surface area (Å²) in [5.41, 5.74) is 4.76. The van der Waals surface area contributed by atoms with E-state index in [1.165, 1.54) is 22.3 Å². The molecule has 0 spiro atoms. The van der Waals surface area contributed by atoms with Crippen molar-refractivity contribution in [2.24, 2.45) is 0 Å². The Kier molecular flexibility index (Phi) is 8.13. The van der Waals surface area contributed by atoms with E-state index < -0.39 is 23.9 Å². The molecule has 1 aliphatic heterocycles. The molecule has 1 saturated heterocycles. The van der Waals surface area contributed by atoms with Gasteiger partial charge >= 0.3 is 12.1 Å². The number of fused-ring (bicyclic) bond motifs is 3.